The van der Waals surface area contributed by atoms with Gasteiger partial charge in [-0.15, -0.1) is 0 Å². The molecule has 0 saturated heterocycles. The summed E-state index contributed by atoms with van der Waals surface area (Å²) in [5.41, 5.74) is 1.32. The third-order valence-electron chi connectivity index (χ3n) is 6.48. The number of amides is 1. The second-order valence-corrected chi connectivity index (χ2v) is 11.4. The van der Waals surface area contributed by atoms with Crippen molar-refractivity contribution in [2.24, 2.45) is 5.92 Å². The van der Waals surface area contributed by atoms with Gasteiger partial charge in [-0.1, -0.05) is 13.0 Å². The van der Waals surface area contributed by atoms with Gasteiger partial charge in [0.1, 0.15) is 27.1 Å². The topological polar surface area (TPSA) is 90.3 Å². The smallest absolute Gasteiger partial charge is 0.389 e. The molecular weight excluding hydrogens is 483 g/mol. The summed E-state index contributed by atoms with van der Waals surface area (Å²) in [7, 11) is -1.59. The number of nitrogens with one attached hydrogen (secondary N) is 1. The average molecular weight is 516 g/mol. The molecule has 1 aliphatic carbocycles. The molecule has 1 aromatic carbocycles. The van der Waals surface area contributed by atoms with Gasteiger partial charge in [0.15, 0.2) is 0 Å². The molecule has 1 N–H and O–H groups in total. The van der Waals surface area contributed by atoms with Crippen LogP contribution in [0.5, 0.6) is 5.75 Å². The van der Waals surface area contributed by atoms with Crippen LogP contribution in [0.3, 0.4) is 0 Å². The van der Waals surface area contributed by atoms with Crippen LogP contribution in [0.15, 0.2) is 24.4 Å². The number of nitrogens with zero attached hydrogens (tertiary/aromatic N) is 2. The van der Waals surface area contributed by atoms with Crippen molar-refractivity contribution < 1.29 is 31.1 Å². The van der Waals surface area contributed by atoms with E-state index in [4.69, 9.17) is 4.74 Å². The first kappa shape index (κ1) is 27.0. The molecule has 1 amide bonds. The lowest BCUT2D eigenvalue weighted by atomic mass is 9.89. The molecular formula is C24H32F3N3O4S. The number of hydrogen-bond donors (Lipinski definition) is 1. The lowest BCUT2D eigenvalue weighted by Gasteiger charge is -2.27. The molecule has 0 atom stereocenters. The summed E-state index contributed by atoms with van der Waals surface area (Å²) >= 11 is 0. The molecule has 35 heavy (non-hydrogen) atoms. The van der Waals surface area contributed by atoms with Crippen molar-refractivity contribution in [1.29, 1.82) is 0 Å². The zero-order chi connectivity index (χ0) is 25.8. The Labute approximate surface area is 204 Å². The predicted molar refractivity (Wildman–Crippen MR) is 127 cm³/mol. The number of sulfone groups is 1. The summed E-state index contributed by atoms with van der Waals surface area (Å²) in [6, 6.07) is 4.87. The van der Waals surface area contributed by atoms with Crippen LogP contribution < -0.4 is 10.1 Å². The highest BCUT2D eigenvalue weighted by Crippen LogP contribution is 2.30. The van der Waals surface area contributed by atoms with Gasteiger partial charge in [0, 0.05) is 31.8 Å². The number of halogens is 3. The molecule has 1 aliphatic rings. The SMILES string of the molecule is CCc1nc(C(=O)NCC2CCC(S(C)(=O)=O)CC2)cn1-c1ccc(CCC(F)(F)F)cc1OC. The number of benzene rings is 1. The third-order valence-corrected chi connectivity index (χ3v) is 8.16. The first-order valence-electron chi connectivity index (χ1n) is 11.7. The quantitative estimate of drug-likeness (QED) is 0.539. The summed E-state index contributed by atoms with van der Waals surface area (Å²) in [6.45, 7) is 2.34. The van der Waals surface area contributed by atoms with Crippen LogP contribution in [0, 0.1) is 5.92 Å². The van der Waals surface area contributed by atoms with Crippen molar-refractivity contribution in [1.82, 2.24) is 14.9 Å². The van der Waals surface area contributed by atoms with Crippen LogP contribution in [-0.4, -0.2) is 55.2 Å². The van der Waals surface area contributed by atoms with E-state index < -0.39 is 22.4 Å². The first-order chi connectivity index (χ1) is 16.4. The lowest BCUT2D eigenvalue weighted by Crippen LogP contribution is -2.34. The third kappa shape index (κ3) is 7.22. The van der Waals surface area contributed by atoms with Crippen molar-refractivity contribution in [3.05, 3.63) is 41.5 Å². The molecule has 1 aromatic heterocycles. The molecule has 0 unspecified atom stereocenters. The van der Waals surface area contributed by atoms with E-state index >= 15 is 0 Å². The van der Waals surface area contributed by atoms with Crippen molar-refractivity contribution in [2.45, 2.75) is 63.3 Å². The Morgan fingerprint density at radius 3 is 2.49 bits per heavy atom. The zero-order valence-corrected chi connectivity index (χ0v) is 21.0. The number of ether oxygens (including phenoxy) is 1. The number of rotatable bonds is 9. The Morgan fingerprint density at radius 2 is 1.91 bits per heavy atom. The predicted octanol–water partition coefficient (Wildman–Crippen LogP) is 4.27. The maximum Gasteiger partial charge on any atom is 0.389 e. The summed E-state index contributed by atoms with van der Waals surface area (Å²) < 4.78 is 68.4. The highest BCUT2D eigenvalue weighted by molar-refractivity contribution is 7.91. The Kier molecular flexibility index (Phi) is 8.50. The largest absolute Gasteiger partial charge is 0.495 e. The van der Waals surface area contributed by atoms with Crippen LogP contribution in [0.4, 0.5) is 13.2 Å². The van der Waals surface area contributed by atoms with Gasteiger partial charge in [0.05, 0.1) is 18.0 Å². The molecule has 1 saturated carbocycles. The second-order valence-electron chi connectivity index (χ2n) is 9.07. The van der Waals surface area contributed by atoms with Crippen LogP contribution >= 0.6 is 0 Å². The Bertz CT molecular complexity index is 1140. The van der Waals surface area contributed by atoms with Gasteiger partial charge >= 0.3 is 6.18 Å². The molecule has 11 heteroatoms. The molecule has 0 aliphatic heterocycles. The molecule has 2 aromatic rings. The minimum absolute atomic E-state index is 0.148. The molecule has 0 radical (unpaired) electrons. The van der Waals surface area contributed by atoms with Crippen molar-refractivity contribution in [3.8, 4) is 11.4 Å². The van der Waals surface area contributed by atoms with Crippen molar-refractivity contribution in [3.63, 3.8) is 0 Å². The van der Waals surface area contributed by atoms with Gasteiger partial charge in [-0.05, 0) is 55.7 Å². The van der Waals surface area contributed by atoms with Gasteiger partial charge in [-0.3, -0.25) is 9.36 Å². The van der Waals surface area contributed by atoms with E-state index in [1.807, 2.05) is 6.92 Å². The van der Waals surface area contributed by atoms with E-state index in [0.717, 1.165) is 12.8 Å². The second kappa shape index (κ2) is 11.0. The monoisotopic (exact) mass is 515 g/mol. The minimum atomic E-state index is -4.24. The molecule has 7 nitrogen and oxygen atoms in total. The summed E-state index contributed by atoms with van der Waals surface area (Å²) in [5.74, 6) is 0.898. The summed E-state index contributed by atoms with van der Waals surface area (Å²) in [4.78, 5) is 17.2. The van der Waals surface area contributed by atoms with Crippen LogP contribution in [0.2, 0.25) is 0 Å². The Balaban J connectivity index is 1.69. The number of imidazole rings is 1. The number of methoxy groups -OCH3 is 1. The maximum absolute atomic E-state index is 12.8. The maximum atomic E-state index is 12.8. The van der Waals surface area contributed by atoms with Gasteiger partial charge in [-0.25, -0.2) is 13.4 Å². The number of alkyl halides is 3. The fourth-order valence-electron chi connectivity index (χ4n) is 4.44. The van der Waals surface area contributed by atoms with E-state index in [1.54, 1.807) is 29.0 Å². The molecule has 194 valence electrons. The van der Waals surface area contributed by atoms with E-state index in [0.29, 0.717) is 48.6 Å². The van der Waals surface area contributed by atoms with Gasteiger partial charge in [0.25, 0.3) is 5.91 Å². The van der Waals surface area contributed by atoms with E-state index in [1.165, 1.54) is 13.4 Å². The van der Waals surface area contributed by atoms with Gasteiger partial charge < -0.3 is 10.1 Å². The first-order valence-corrected chi connectivity index (χ1v) is 13.7. The van der Waals surface area contributed by atoms with E-state index in [-0.39, 0.29) is 29.2 Å². The number of carbonyl (C=O) groups is 1. The number of aryl methyl sites for hydroxylation is 2. The fraction of sp³-hybridized carbons (Fsp3) is 0.583. The van der Waals surface area contributed by atoms with E-state index in [9.17, 15) is 26.4 Å². The summed E-state index contributed by atoms with van der Waals surface area (Å²) in [5, 5.41) is 2.61. The summed E-state index contributed by atoms with van der Waals surface area (Å²) in [6.07, 6.45) is 0.789. The normalized spacial score (nSPS) is 18.9. The van der Waals surface area contributed by atoms with Crippen molar-refractivity contribution >= 4 is 15.7 Å². The number of carbonyl (C=O) groups excluding carboxylic acids is 1. The highest BCUT2D eigenvalue weighted by atomic mass is 32.2. The minimum Gasteiger partial charge on any atom is -0.495 e. The van der Waals surface area contributed by atoms with Crippen molar-refractivity contribution in [2.75, 3.05) is 19.9 Å². The van der Waals surface area contributed by atoms with E-state index in [2.05, 4.69) is 10.3 Å². The van der Waals surface area contributed by atoms with Crippen LogP contribution in [0.1, 0.15) is 60.9 Å². The lowest BCUT2D eigenvalue weighted by molar-refractivity contribution is -0.134. The molecule has 1 fully saturated rings. The van der Waals surface area contributed by atoms with Crippen LogP contribution in [-0.2, 0) is 22.7 Å². The number of aromatic nitrogens is 2. The van der Waals surface area contributed by atoms with Gasteiger partial charge in [-0.2, -0.15) is 13.2 Å². The number of hydrogen-bond acceptors (Lipinski definition) is 5. The fourth-order valence-corrected chi connectivity index (χ4v) is 5.57. The zero-order valence-electron chi connectivity index (χ0n) is 20.2. The Hall–Kier alpha value is -2.56. The van der Waals surface area contributed by atoms with Crippen LogP contribution in [0.25, 0.3) is 5.69 Å². The van der Waals surface area contributed by atoms with Gasteiger partial charge in [0.2, 0.25) is 0 Å². The highest BCUT2D eigenvalue weighted by Gasteiger charge is 2.29. The Morgan fingerprint density at radius 1 is 1.23 bits per heavy atom. The molecule has 1 heterocycles. The average Bonchev–Trinajstić information content (AvgIpc) is 3.24. The molecule has 0 spiro atoms. The molecule has 3 rings (SSSR count). The molecule has 0 bridgehead atoms. The standard InChI is InChI=1S/C24H32F3N3O4S/c1-4-22-29-19(23(31)28-14-17-5-8-18(9-6-17)35(3,32)33)15-30(22)20-10-7-16(13-21(20)34-2)11-12-24(25,26)27/h7,10,13,15,17-18H,4-6,8-9,11-12,14H2,1-3H3,(H,28,31).